The molecule has 31 heavy (non-hydrogen) atoms. The van der Waals surface area contributed by atoms with Crippen molar-refractivity contribution in [1.29, 1.82) is 0 Å². The van der Waals surface area contributed by atoms with Crippen LogP contribution in [0.15, 0.2) is 53.8 Å². The van der Waals surface area contributed by atoms with Gasteiger partial charge in [-0.25, -0.2) is 0 Å². The molecule has 4 rings (SSSR count). The second-order valence-corrected chi connectivity index (χ2v) is 8.04. The number of hydrogen-bond acceptors (Lipinski definition) is 5. The van der Waals surface area contributed by atoms with E-state index in [4.69, 9.17) is 44.4 Å². The second-order valence-electron chi connectivity index (χ2n) is 6.78. The van der Waals surface area contributed by atoms with Crippen LogP contribution in [0.5, 0.6) is 5.75 Å². The first kappa shape index (κ1) is 21.5. The number of oxime groups is 1. The van der Waals surface area contributed by atoms with Crippen molar-refractivity contribution >= 4 is 52.2 Å². The molecule has 1 aromatic heterocycles. The molecule has 0 fully saturated rings. The lowest BCUT2D eigenvalue weighted by Crippen LogP contribution is -2.28. The molecule has 1 amide bonds. The summed E-state index contributed by atoms with van der Waals surface area (Å²) in [5.41, 5.74) is 2.23. The third-order valence-electron chi connectivity index (χ3n) is 4.69. The normalized spacial score (nSPS) is 15.4. The zero-order valence-corrected chi connectivity index (χ0v) is 18.6. The SMILES string of the molecule is COc1ccccc1C1=NOC(C(=O)Nc2nn(Cc3ccc(Cl)cc3Cl)cc2Cl)C1. The van der Waals surface area contributed by atoms with Gasteiger partial charge < -0.3 is 14.9 Å². The lowest BCUT2D eigenvalue weighted by Gasteiger charge is -2.09. The van der Waals surface area contributed by atoms with E-state index in [1.54, 1.807) is 30.1 Å². The van der Waals surface area contributed by atoms with E-state index in [2.05, 4.69) is 15.6 Å². The minimum atomic E-state index is -0.799. The van der Waals surface area contributed by atoms with E-state index in [1.165, 1.54) is 0 Å². The number of halogens is 3. The maximum Gasteiger partial charge on any atom is 0.269 e. The van der Waals surface area contributed by atoms with Gasteiger partial charge in [0, 0.05) is 28.2 Å². The fraction of sp³-hybridized carbons (Fsp3) is 0.190. The van der Waals surface area contributed by atoms with Crippen LogP contribution >= 0.6 is 34.8 Å². The van der Waals surface area contributed by atoms with Gasteiger partial charge >= 0.3 is 0 Å². The highest BCUT2D eigenvalue weighted by Gasteiger charge is 2.31. The Balaban J connectivity index is 1.41. The fourth-order valence-electron chi connectivity index (χ4n) is 3.14. The first-order valence-electron chi connectivity index (χ1n) is 9.28. The van der Waals surface area contributed by atoms with Gasteiger partial charge in [0.05, 0.1) is 19.4 Å². The number of aromatic nitrogens is 2. The molecule has 1 N–H and O–H groups in total. The standard InChI is InChI=1S/C21H17Cl3N4O3/c1-30-18-5-3-2-4-14(18)17-9-19(31-27-17)21(29)25-20-16(24)11-28(26-20)10-12-6-7-13(22)8-15(12)23/h2-8,11,19H,9-10H2,1H3,(H,25,26,29). The number of rotatable bonds is 6. The van der Waals surface area contributed by atoms with Gasteiger partial charge in [-0.3, -0.25) is 9.48 Å². The molecule has 0 aliphatic carbocycles. The van der Waals surface area contributed by atoms with Gasteiger partial charge in [0.25, 0.3) is 5.91 Å². The summed E-state index contributed by atoms with van der Waals surface area (Å²) in [6, 6.07) is 12.6. The number of nitrogens with one attached hydrogen (secondary N) is 1. The number of anilines is 1. The van der Waals surface area contributed by atoms with Crippen molar-refractivity contribution < 1.29 is 14.4 Å². The van der Waals surface area contributed by atoms with Gasteiger partial charge in [-0.1, -0.05) is 58.2 Å². The number of hydrogen-bond donors (Lipinski definition) is 1. The van der Waals surface area contributed by atoms with E-state index in [0.29, 0.717) is 39.5 Å². The fourth-order valence-corrected chi connectivity index (χ4v) is 3.81. The van der Waals surface area contributed by atoms with Crippen molar-refractivity contribution in [3.63, 3.8) is 0 Å². The topological polar surface area (TPSA) is 77.7 Å². The van der Waals surface area contributed by atoms with E-state index in [9.17, 15) is 4.79 Å². The third kappa shape index (κ3) is 4.79. The Labute approximate surface area is 193 Å². The molecule has 0 bridgehead atoms. The van der Waals surface area contributed by atoms with Crippen LogP contribution in [0, 0.1) is 0 Å². The number of carbonyl (C=O) groups is 1. The van der Waals surface area contributed by atoms with Crippen LogP contribution in [0.25, 0.3) is 0 Å². The molecule has 160 valence electrons. The Kier molecular flexibility index (Phi) is 6.36. The lowest BCUT2D eigenvalue weighted by atomic mass is 10.0. The Hall–Kier alpha value is -2.74. The quantitative estimate of drug-likeness (QED) is 0.538. The minimum Gasteiger partial charge on any atom is -0.496 e. The van der Waals surface area contributed by atoms with Crippen molar-refractivity contribution in [2.45, 2.75) is 19.1 Å². The molecular formula is C21H17Cl3N4O3. The van der Waals surface area contributed by atoms with Gasteiger partial charge in [0.15, 0.2) is 5.82 Å². The summed E-state index contributed by atoms with van der Waals surface area (Å²) in [5.74, 6) is 0.491. The molecule has 7 nitrogen and oxygen atoms in total. The van der Waals surface area contributed by atoms with Crippen LogP contribution < -0.4 is 10.1 Å². The first-order valence-corrected chi connectivity index (χ1v) is 10.4. The molecule has 2 heterocycles. The minimum absolute atomic E-state index is 0.228. The largest absolute Gasteiger partial charge is 0.496 e. The second kappa shape index (κ2) is 9.18. The number of ether oxygens (including phenoxy) is 1. The molecule has 2 aromatic carbocycles. The van der Waals surface area contributed by atoms with Gasteiger partial charge in [-0.05, 0) is 29.8 Å². The van der Waals surface area contributed by atoms with E-state index >= 15 is 0 Å². The zero-order chi connectivity index (χ0) is 22.0. The Bertz CT molecular complexity index is 1160. The number of amides is 1. The molecule has 1 unspecified atom stereocenters. The van der Waals surface area contributed by atoms with E-state index in [-0.39, 0.29) is 5.82 Å². The highest BCUT2D eigenvalue weighted by Crippen LogP contribution is 2.27. The van der Waals surface area contributed by atoms with Crippen molar-refractivity contribution in [2.24, 2.45) is 5.16 Å². The molecule has 0 saturated carbocycles. The molecule has 1 aliphatic rings. The van der Waals surface area contributed by atoms with Crippen molar-refractivity contribution in [3.05, 3.63) is 74.9 Å². The van der Waals surface area contributed by atoms with Gasteiger partial charge in [0.2, 0.25) is 6.10 Å². The van der Waals surface area contributed by atoms with Gasteiger partial charge in [-0.15, -0.1) is 0 Å². The number of methoxy groups -OCH3 is 1. The van der Waals surface area contributed by atoms with Crippen molar-refractivity contribution in [2.75, 3.05) is 12.4 Å². The maximum absolute atomic E-state index is 12.7. The average Bonchev–Trinajstić information content (AvgIpc) is 3.37. The van der Waals surface area contributed by atoms with Crippen molar-refractivity contribution in [3.8, 4) is 5.75 Å². The molecular weight excluding hydrogens is 463 g/mol. The van der Waals surface area contributed by atoms with Crippen LogP contribution in [-0.2, 0) is 16.2 Å². The van der Waals surface area contributed by atoms with Gasteiger partial charge in [-0.2, -0.15) is 5.10 Å². The maximum atomic E-state index is 12.7. The summed E-state index contributed by atoms with van der Waals surface area (Å²) < 4.78 is 6.93. The summed E-state index contributed by atoms with van der Waals surface area (Å²) in [6.07, 6.45) is 1.10. The van der Waals surface area contributed by atoms with Crippen LogP contribution in [0.1, 0.15) is 17.5 Å². The lowest BCUT2D eigenvalue weighted by molar-refractivity contribution is -0.125. The number of carbonyl (C=O) groups excluding carboxylic acids is 1. The summed E-state index contributed by atoms with van der Waals surface area (Å²) in [6.45, 7) is 0.368. The molecule has 0 radical (unpaired) electrons. The predicted octanol–water partition coefficient (Wildman–Crippen LogP) is 5.03. The highest BCUT2D eigenvalue weighted by molar-refractivity contribution is 6.35. The average molecular weight is 480 g/mol. The molecule has 1 atom stereocenters. The summed E-state index contributed by atoms with van der Waals surface area (Å²) in [4.78, 5) is 18.0. The highest BCUT2D eigenvalue weighted by atomic mass is 35.5. The van der Waals surface area contributed by atoms with E-state index < -0.39 is 12.0 Å². The number of nitrogens with zero attached hydrogens (tertiary/aromatic N) is 3. The van der Waals surface area contributed by atoms with Crippen LogP contribution in [-0.4, -0.2) is 34.6 Å². The number of benzene rings is 2. The summed E-state index contributed by atoms with van der Waals surface area (Å²) in [7, 11) is 1.58. The predicted molar refractivity (Wildman–Crippen MR) is 120 cm³/mol. The smallest absolute Gasteiger partial charge is 0.269 e. The molecule has 0 spiro atoms. The Morgan fingerprint density at radius 1 is 1.23 bits per heavy atom. The van der Waals surface area contributed by atoms with Crippen LogP contribution in [0.4, 0.5) is 5.82 Å². The third-order valence-corrected chi connectivity index (χ3v) is 5.55. The van der Waals surface area contributed by atoms with Crippen LogP contribution in [0.3, 0.4) is 0 Å². The molecule has 3 aromatic rings. The Morgan fingerprint density at radius 3 is 2.81 bits per heavy atom. The van der Waals surface area contributed by atoms with E-state index in [0.717, 1.165) is 11.1 Å². The van der Waals surface area contributed by atoms with E-state index in [1.807, 2.05) is 30.3 Å². The summed E-state index contributed by atoms with van der Waals surface area (Å²) in [5, 5.41) is 12.4. The number of para-hydroxylation sites is 1. The van der Waals surface area contributed by atoms with Gasteiger partial charge in [0.1, 0.15) is 10.8 Å². The Morgan fingerprint density at radius 2 is 2.03 bits per heavy atom. The molecule has 10 heteroatoms. The monoisotopic (exact) mass is 478 g/mol. The van der Waals surface area contributed by atoms with Crippen molar-refractivity contribution in [1.82, 2.24) is 9.78 Å². The zero-order valence-electron chi connectivity index (χ0n) is 16.3. The summed E-state index contributed by atoms with van der Waals surface area (Å²) >= 11 is 18.4. The van der Waals surface area contributed by atoms with Crippen LogP contribution in [0.2, 0.25) is 15.1 Å². The first-order chi connectivity index (χ1) is 14.9. The molecule has 0 saturated heterocycles. The molecule has 1 aliphatic heterocycles.